The van der Waals surface area contributed by atoms with Crippen LogP contribution >= 0.6 is 0 Å². The first-order valence-corrected chi connectivity index (χ1v) is 9.46. The molecule has 1 aliphatic heterocycles. The second kappa shape index (κ2) is 6.45. The molecule has 4 heterocycles. The fourth-order valence-corrected chi connectivity index (χ4v) is 3.80. The van der Waals surface area contributed by atoms with E-state index in [4.69, 9.17) is 9.40 Å². The SMILES string of the molecule is Cc1nc2cc(-c3cc(=O)n4cc(N5CCN[C@@H](C)C5)ccc4n3)ccc2o1. The number of aryl methyl sites for hydroxylation is 1. The van der Waals surface area contributed by atoms with Crippen molar-refractivity contribution in [1.82, 2.24) is 19.7 Å². The van der Waals surface area contributed by atoms with Crippen molar-refractivity contribution in [2.45, 2.75) is 19.9 Å². The lowest BCUT2D eigenvalue weighted by Crippen LogP contribution is -2.49. The van der Waals surface area contributed by atoms with Crippen molar-refractivity contribution in [2.75, 3.05) is 24.5 Å². The molecule has 1 N–H and O–H groups in total. The van der Waals surface area contributed by atoms with Crippen LogP contribution < -0.4 is 15.8 Å². The zero-order valence-corrected chi connectivity index (χ0v) is 15.8. The van der Waals surface area contributed by atoms with Gasteiger partial charge in [0.25, 0.3) is 5.56 Å². The fourth-order valence-electron chi connectivity index (χ4n) is 3.80. The molecule has 5 rings (SSSR count). The number of pyridine rings is 1. The molecule has 7 nitrogen and oxygen atoms in total. The first kappa shape index (κ1) is 16.9. The second-order valence-corrected chi connectivity index (χ2v) is 7.31. The highest BCUT2D eigenvalue weighted by Gasteiger charge is 2.17. The third kappa shape index (κ3) is 2.93. The highest BCUT2D eigenvalue weighted by atomic mass is 16.3. The van der Waals surface area contributed by atoms with Crippen molar-refractivity contribution >= 4 is 22.4 Å². The summed E-state index contributed by atoms with van der Waals surface area (Å²) in [6.45, 7) is 6.77. The number of hydrogen-bond donors (Lipinski definition) is 1. The largest absolute Gasteiger partial charge is 0.441 e. The third-order valence-corrected chi connectivity index (χ3v) is 5.17. The van der Waals surface area contributed by atoms with E-state index < -0.39 is 0 Å². The van der Waals surface area contributed by atoms with E-state index >= 15 is 0 Å². The van der Waals surface area contributed by atoms with E-state index in [9.17, 15) is 4.79 Å². The summed E-state index contributed by atoms with van der Waals surface area (Å²) in [5, 5.41) is 3.44. The highest BCUT2D eigenvalue weighted by molar-refractivity contribution is 5.79. The molecule has 0 aliphatic carbocycles. The van der Waals surface area contributed by atoms with Crippen LogP contribution in [0.2, 0.25) is 0 Å². The summed E-state index contributed by atoms with van der Waals surface area (Å²) in [5.74, 6) is 0.619. The number of benzene rings is 1. The Morgan fingerprint density at radius 1 is 1.18 bits per heavy atom. The number of fused-ring (bicyclic) bond motifs is 2. The standard InChI is InChI=1S/C21H21N5O2/c1-13-11-25(8-7-22-13)16-4-6-20-24-17(10-21(27)26(20)12-16)15-3-5-19-18(9-15)23-14(2)28-19/h3-6,9-10,12-13,22H,7-8,11H2,1-2H3/t13-/m0/s1. The molecule has 7 heteroatoms. The summed E-state index contributed by atoms with van der Waals surface area (Å²) in [5.41, 5.74) is 4.55. The Morgan fingerprint density at radius 2 is 2.07 bits per heavy atom. The molecule has 1 aromatic carbocycles. The molecule has 1 saturated heterocycles. The monoisotopic (exact) mass is 375 g/mol. The van der Waals surface area contributed by atoms with Crippen LogP contribution in [-0.2, 0) is 0 Å². The van der Waals surface area contributed by atoms with Crippen LogP contribution in [0.25, 0.3) is 28.0 Å². The quantitative estimate of drug-likeness (QED) is 0.580. The molecule has 4 aromatic rings. The molecule has 0 bridgehead atoms. The Labute approximate surface area is 161 Å². The van der Waals surface area contributed by atoms with Crippen LogP contribution in [-0.4, -0.2) is 40.0 Å². The van der Waals surface area contributed by atoms with Crippen LogP contribution in [0.1, 0.15) is 12.8 Å². The van der Waals surface area contributed by atoms with Crippen molar-refractivity contribution in [3.63, 3.8) is 0 Å². The lowest BCUT2D eigenvalue weighted by molar-refractivity contribution is 0.484. The summed E-state index contributed by atoms with van der Waals surface area (Å²) < 4.78 is 7.14. The molecule has 1 aliphatic rings. The molecule has 3 aromatic heterocycles. The number of anilines is 1. The van der Waals surface area contributed by atoms with E-state index in [-0.39, 0.29) is 5.56 Å². The lowest BCUT2D eigenvalue weighted by atomic mass is 10.1. The molecule has 1 atom stereocenters. The van der Waals surface area contributed by atoms with Crippen molar-refractivity contribution in [3.8, 4) is 11.3 Å². The van der Waals surface area contributed by atoms with Gasteiger partial charge >= 0.3 is 0 Å². The van der Waals surface area contributed by atoms with Crippen LogP contribution in [0.5, 0.6) is 0 Å². The van der Waals surface area contributed by atoms with Crippen LogP contribution in [0, 0.1) is 6.92 Å². The minimum Gasteiger partial charge on any atom is -0.441 e. The summed E-state index contributed by atoms with van der Waals surface area (Å²) in [6, 6.07) is 11.6. The number of aromatic nitrogens is 3. The topological polar surface area (TPSA) is 75.7 Å². The average Bonchev–Trinajstić information content (AvgIpc) is 3.07. The van der Waals surface area contributed by atoms with Crippen molar-refractivity contribution < 1.29 is 4.42 Å². The molecule has 142 valence electrons. The van der Waals surface area contributed by atoms with Crippen molar-refractivity contribution in [1.29, 1.82) is 0 Å². The minimum atomic E-state index is -0.0959. The van der Waals surface area contributed by atoms with Gasteiger partial charge in [-0.25, -0.2) is 9.97 Å². The van der Waals surface area contributed by atoms with Crippen LogP contribution in [0.4, 0.5) is 5.69 Å². The maximum absolute atomic E-state index is 12.8. The highest BCUT2D eigenvalue weighted by Crippen LogP contribution is 2.24. The van der Waals surface area contributed by atoms with Crippen molar-refractivity contribution in [3.05, 3.63) is 58.8 Å². The van der Waals surface area contributed by atoms with Gasteiger partial charge in [-0.2, -0.15) is 0 Å². The van der Waals surface area contributed by atoms with Gasteiger partial charge in [0.05, 0.1) is 11.4 Å². The number of nitrogens with one attached hydrogen (secondary N) is 1. The Bertz CT molecular complexity index is 1240. The second-order valence-electron chi connectivity index (χ2n) is 7.31. The molecule has 0 saturated carbocycles. The molecule has 1 fully saturated rings. The molecular formula is C21H21N5O2. The first-order valence-electron chi connectivity index (χ1n) is 9.46. The zero-order chi connectivity index (χ0) is 19.3. The maximum Gasteiger partial charge on any atom is 0.258 e. The average molecular weight is 375 g/mol. The summed E-state index contributed by atoms with van der Waals surface area (Å²) in [4.78, 5) is 24.2. The van der Waals surface area contributed by atoms with E-state index in [1.54, 1.807) is 10.5 Å². The van der Waals surface area contributed by atoms with Crippen molar-refractivity contribution in [2.24, 2.45) is 0 Å². The number of hydrogen-bond acceptors (Lipinski definition) is 6. The maximum atomic E-state index is 12.8. The van der Waals surface area contributed by atoms with Gasteiger partial charge in [0.1, 0.15) is 11.2 Å². The summed E-state index contributed by atoms with van der Waals surface area (Å²) >= 11 is 0. The molecule has 0 spiro atoms. The number of piperazine rings is 1. The summed E-state index contributed by atoms with van der Waals surface area (Å²) in [7, 11) is 0. The van der Waals surface area contributed by atoms with E-state index in [1.807, 2.05) is 43.5 Å². The van der Waals surface area contributed by atoms with Gasteiger partial charge in [-0.1, -0.05) is 0 Å². The fraction of sp³-hybridized carbons (Fsp3) is 0.286. The van der Waals surface area contributed by atoms with E-state index in [2.05, 4.69) is 22.1 Å². The van der Waals surface area contributed by atoms with Gasteiger partial charge in [-0.15, -0.1) is 0 Å². The van der Waals surface area contributed by atoms with Gasteiger partial charge in [0.2, 0.25) is 0 Å². The smallest absolute Gasteiger partial charge is 0.258 e. The van der Waals surface area contributed by atoms with E-state index in [0.29, 0.717) is 23.3 Å². The third-order valence-electron chi connectivity index (χ3n) is 5.17. The predicted molar refractivity (Wildman–Crippen MR) is 109 cm³/mol. The normalized spacial score (nSPS) is 17.5. The van der Waals surface area contributed by atoms with Crippen LogP contribution in [0.3, 0.4) is 0 Å². The van der Waals surface area contributed by atoms with Gasteiger partial charge in [-0.05, 0) is 37.3 Å². The molecule has 0 unspecified atom stereocenters. The van der Waals surface area contributed by atoms with E-state index in [0.717, 1.165) is 42.0 Å². The zero-order valence-electron chi connectivity index (χ0n) is 15.8. The van der Waals surface area contributed by atoms with E-state index in [1.165, 1.54) is 0 Å². The number of rotatable bonds is 2. The molecule has 0 radical (unpaired) electrons. The molecule has 0 amide bonds. The number of oxazole rings is 1. The molecule has 28 heavy (non-hydrogen) atoms. The number of nitrogens with zero attached hydrogens (tertiary/aromatic N) is 4. The minimum absolute atomic E-state index is 0.0959. The van der Waals surface area contributed by atoms with Gasteiger partial charge < -0.3 is 14.6 Å². The Morgan fingerprint density at radius 3 is 2.93 bits per heavy atom. The Kier molecular flexibility index (Phi) is 3.91. The Hall–Kier alpha value is -3.19. The Balaban J connectivity index is 1.56. The van der Waals surface area contributed by atoms with Gasteiger partial charge in [-0.3, -0.25) is 9.20 Å². The summed E-state index contributed by atoms with van der Waals surface area (Å²) in [6.07, 6.45) is 1.89. The lowest BCUT2D eigenvalue weighted by Gasteiger charge is -2.33. The van der Waals surface area contributed by atoms with Crippen LogP contribution in [0.15, 0.2) is 51.8 Å². The molecular weight excluding hydrogens is 354 g/mol. The van der Waals surface area contributed by atoms with Gasteiger partial charge in [0, 0.05) is 50.4 Å². The predicted octanol–water partition coefficient (Wildman–Crippen LogP) is 2.61. The van der Waals surface area contributed by atoms with Gasteiger partial charge in [0.15, 0.2) is 11.5 Å². The first-order chi connectivity index (χ1) is 13.6.